The quantitative estimate of drug-likeness (QED) is 0.662. The molecule has 0 unspecified atom stereocenters. The summed E-state index contributed by atoms with van der Waals surface area (Å²) in [7, 11) is 0. The van der Waals surface area contributed by atoms with Gasteiger partial charge in [0.1, 0.15) is 6.04 Å². The predicted molar refractivity (Wildman–Crippen MR) is 70.9 cm³/mol. The number of ether oxygens (including phenoxy) is 1. The number of nitrogens with zero attached hydrogens (tertiary/aromatic N) is 1. The van der Waals surface area contributed by atoms with Gasteiger partial charge in [0.25, 0.3) is 0 Å². The maximum atomic E-state index is 11.7. The minimum absolute atomic E-state index is 0.295. The predicted octanol–water partition coefficient (Wildman–Crippen LogP) is 2.79. The smallest absolute Gasteiger partial charge is 0.425 e. The first kappa shape index (κ1) is 11.7. The molecule has 3 rings (SSSR count). The van der Waals surface area contributed by atoms with Crippen molar-refractivity contribution in [3.8, 4) is 0 Å². The summed E-state index contributed by atoms with van der Waals surface area (Å²) in [6, 6.07) is 19.0. The van der Waals surface area contributed by atoms with Crippen LogP contribution in [0.15, 0.2) is 60.7 Å². The van der Waals surface area contributed by atoms with Crippen molar-refractivity contribution in [1.82, 2.24) is 5.01 Å². The van der Waals surface area contributed by atoms with Crippen LogP contribution in [0.4, 0.5) is 4.79 Å². The zero-order valence-corrected chi connectivity index (χ0v) is 10.3. The minimum atomic E-state index is -0.497. The lowest BCUT2D eigenvalue weighted by Gasteiger charge is -2.21. The van der Waals surface area contributed by atoms with E-state index in [0.29, 0.717) is 0 Å². The molecule has 2 aromatic rings. The number of nitrogens with two attached hydrogens (primary N) is 1. The van der Waals surface area contributed by atoms with E-state index < -0.39 is 6.09 Å². The fraction of sp³-hybridized carbons (Fsp3) is 0.133. The average Bonchev–Trinajstić information content (AvgIpc) is 2.77. The molecule has 0 spiro atoms. The third-order valence-electron chi connectivity index (χ3n) is 3.29. The molecular formula is C15H14N2O2. The number of carbonyl (C=O) groups is 1. The molecule has 0 bridgehead atoms. The minimum Gasteiger partial charge on any atom is -0.438 e. The Morgan fingerprint density at radius 2 is 1.42 bits per heavy atom. The highest BCUT2D eigenvalue weighted by Crippen LogP contribution is 2.40. The summed E-state index contributed by atoms with van der Waals surface area (Å²) in [6.45, 7) is 0. The molecule has 2 N–H and O–H groups in total. The van der Waals surface area contributed by atoms with E-state index in [1.807, 2.05) is 60.7 Å². The first-order valence-corrected chi connectivity index (χ1v) is 6.12. The number of carbonyl (C=O) groups excluding carboxylic acids is 1. The van der Waals surface area contributed by atoms with Crippen LogP contribution in [0.5, 0.6) is 0 Å². The maximum absolute atomic E-state index is 11.7. The van der Waals surface area contributed by atoms with Crippen LogP contribution in [0, 0.1) is 0 Å². The first-order valence-electron chi connectivity index (χ1n) is 6.12. The second-order valence-corrected chi connectivity index (χ2v) is 4.48. The van der Waals surface area contributed by atoms with Crippen molar-refractivity contribution in [2.75, 3.05) is 0 Å². The summed E-state index contributed by atoms with van der Waals surface area (Å²) < 4.78 is 5.39. The van der Waals surface area contributed by atoms with E-state index in [1.54, 1.807) is 0 Å². The van der Waals surface area contributed by atoms with E-state index in [-0.39, 0.29) is 12.1 Å². The highest BCUT2D eigenvalue weighted by Gasteiger charge is 2.42. The van der Waals surface area contributed by atoms with E-state index in [1.165, 1.54) is 0 Å². The van der Waals surface area contributed by atoms with Gasteiger partial charge in [0.2, 0.25) is 0 Å². The van der Waals surface area contributed by atoms with E-state index in [0.717, 1.165) is 16.1 Å². The van der Waals surface area contributed by atoms with Gasteiger partial charge < -0.3 is 4.74 Å². The standard InChI is InChI=1S/C15H14N2O2/c16-17-13(11-7-3-1-4-8-11)14(19-15(17)18)12-9-5-2-6-10-12/h1-10,13-14H,16H2/t13-,14+/m0/s1. The Balaban J connectivity index is 2.01. The Hall–Kier alpha value is -2.33. The van der Waals surface area contributed by atoms with E-state index in [9.17, 15) is 4.79 Å². The van der Waals surface area contributed by atoms with Crippen molar-refractivity contribution in [2.45, 2.75) is 12.1 Å². The third kappa shape index (κ3) is 2.06. The molecule has 0 aromatic heterocycles. The molecule has 0 aliphatic carbocycles. The van der Waals surface area contributed by atoms with Gasteiger partial charge in [0.05, 0.1) is 0 Å². The fourth-order valence-corrected chi connectivity index (χ4v) is 2.37. The van der Waals surface area contributed by atoms with Crippen LogP contribution < -0.4 is 5.84 Å². The average molecular weight is 254 g/mol. The molecule has 2 atom stereocenters. The van der Waals surface area contributed by atoms with Crippen molar-refractivity contribution in [2.24, 2.45) is 5.84 Å². The second-order valence-electron chi connectivity index (χ2n) is 4.48. The SMILES string of the molecule is NN1C(=O)O[C@H](c2ccccc2)[C@@H]1c1ccccc1. The molecule has 1 saturated heterocycles. The molecule has 2 aromatic carbocycles. The van der Waals surface area contributed by atoms with Gasteiger partial charge in [-0.15, -0.1) is 0 Å². The third-order valence-corrected chi connectivity index (χ3v) is 3.29. The van der Waals surface area contributed by atoms with Gasteiger partial charge in [-0.2, -0.15) is 0 Å². The number of hydrogen-bond donors (Lipinski definition) is 1. The molecule has 0 radical (unpaired) electrons. The molecular weight excluding hydrogens is 240 g/mol. The van der Waals surface area contributed by atoms with Gasteiger partial charge in [-0.1, -0.05) is 60.7 Å². The molecule has 4 heteroatoms. The van der Waals surface area contributed by atoms with Crippen LogP contribution in [-0.2, 0) is 4.74 Å². The topological polar surface area (TPSA) is 55.6 Å². The molecule has 96 valence electrons. The molecule has 4 nitrogen and oxygen atoms in total. The largest absolute Gasteiger partial charge is 0.438 e. The first-order chi connectivity index (χ1) is 9.27. The van der Waals surface area contributed by atoms with Crippen LogP contribution in [0.25, 0.3) is 0 Å². The van der Waals surface area contributed by atoms with Crippen LogP contribution in [0.2, 0.25) is 0 Å². The zero-order chi connectivity index (χ0) is 13.2. The van der Waals surface area contributed by atoms with Gasteiger partial charge in [0, 0.05) is 0 Å². The van der Waals surface area contributed by atoms with Crippen molar-refractivity contribution < 1.29 is 9.53 Å². The summed E-state index contributed by atoms with van der Waals surface area (Å²) in [4.78, 5) is 11.7. The van der Waals surface area contributed by atoms with Crippen LogP contribution in [0.3, 0.4) is 0 Å². The monoisotopic (exact) mass is 254 g/mol. The van der Waals surface area contributed by atoms with Crippen LogP contribution in [0.1, 0.15) is 23.3 Å². The Bertz CT molecular complexity index is 571. The molecule has 1 aliphatic rings. The second kappa shape index (κ2) is 4.74. The molecule has 1 aliphatic heterocycles. The number of hydrogen-bond acceptors (Lipinski definition) is 3. The summed E-state index contributed by atoms with van der Waals surface area (Å²) in [5, 5.41) is 1.16. The van der Waals surface area contributed by atoms with Gasteiger partial charge in [-0.05, 0) is 11.1 Å². The Kier molecular flexibility index (Phi) is 2.93. The highest BCUT2D eigenvalue weighted by atomic mass is 16.6. The van der Waals surface area contributed by atoms with Gasteiger partial charge >= 0.3 is 6.09 Å². The summed E-state index contributed by atoms with van der Waals surface area (Å²) in [5.74, 6) is 5.84. The molecule has 0 saturated carbocycles. The van der Waals surface area contributed by atoms with Gasteiger partial charge in [-0.3, -0.25) is 0 Å². The van der Waals surface area contributed by atoms with Crippen molar-refractivity contribution in [3.63, 3.8) is 0 Å². The van der Waals surface area contributed by atoms with E-state index >= 15 is 0 Å². The normalized spacial score (nSPS) is 22.4. The van der Waals surface area contributed by atoms with Gasteiger partial charge in [0.15, 0.2) is 6.10 Å². The van der Waals surface area contributed by atoms with Crippen LogP contribution >= 0.6 is 0 Å². The molecule has 1 heterocycles. The number of amides is 1. The van der Waals surface area contributed by atoms with E-state index in [2.05, 4.69) is 0 Å². The summed E-state index contributed by atoms with van der Waals surface area (Å²) in [6.07, 6.45) is -0.871. The summed E-state index contributed by atoms with van der Waals surface area (Å²) in [5.41, 5.74) is 1.90. The van der Waals surface area contributed by atoms with E-state index in [4.69, 9.17) is 10.6 Å². The highest BCUT2D eigenvalue weighted by molar-refractivity contribution is 5.70. The Labute approximate surface area is 111 Å². The Morgan fingerprint density at radius 3 is 2.00 bits per heavy atom. The molecule has 19 heavy (non-hydrogen) atoms. The lowest BCUT2D eigenvalue weighted by Crippen LogP contribution is -2.34. The number of rotatable bonds is 2. The lowest BCUT2D eigenvalue weighted by atomic mass is 9.96. The zero-order valence-electron chi connectivity index (χ0n) is 10.3. The number of hydrazine groups is 1. The van der Waals surface area contributed by atoms with Crippen LogP contribution in [-0.4, -0.2) is 11.1 Å². The van der Waals surface area contributed by atoms with Gasteiger partial charge in [-0.25, -0.2) is 15.6 Å². The number of benzene rings is 2. The maximum Gasteiger partial charge on any atom is 0.425 e. The van der Waals surface area contributed by atoms with Crippen molar-refractivity contribution in [1.29, 1.82) is 0 Å². The van der Waals surface area contributed by atoms with Crippen molar-refractivity contribution >= 4 is 6.09 Å². The molecule has 1 amide bonds. The van der Waals surface area contributed by atoms with Crippen molar-refractivity contribution in [3.05, 3.63) is 71.8 Å². The summed E-state index contributed by atoms with van der Waals surface area (Å²) >= 11 is 0. The molecule has 1 fully saturated rings. The lowest BCUT2D eigenvalue weighted by molar-refractivity contribution is 0.130. The number of cyclic esters (lactones) is 1. The fourth-order valence-electron chi connectivity index (χ4n) is 2.37. The Morgan fingerprint density at radius 1 is 0.895 bits per heavy atom.